The van der Waals surface area contributed by atoms with Crippen molar-refractivity contribution in [1.82, 2.24) is 19.5 Å². The van der Waals surface area contributed by atoms with Crippen molar-refractivity contribution in [3.8, 4) is 0 Å². The Bertz CT molecular complexity index is 613. The molecule has 1 fully saturated rings. The molecule has 1 saturated heterocycles. The van der Waals surface area contributed by atoms with Gasteiger partial charge in [-0.05, 0) is 37.6 Å². The van der Waals surface area contributed by atoms with E-state index < -0.39 is 10.0 Å². The van der Waals surface area contributed by atoms with E-state index in [2.05, 4.69) is 9.71 Å². The minimum atomic E-state index is -3.18. The molecule has 0 aromatic carbocycles. The first-order valence-corrected chi connectivity index (χ1v) is 9.55. The van der Waals surface area contributed by atoms with Crippen molar-refractivity contribution < 1.29 is 13.2 Å². The molecule has 0 aliphatic carbocycles. The van der Waals surface area contributed by atoms with Crippen molar-refractivity contribution in [2.75, 3.05) is 32.9 Å². The summed E-state index contributed by atoms with van der Waals surface area (Å²) in [6.45, 7) is 2.23. The highest BCUT2D eigenvalue weighted by Gasteiger charge is 2.24. The van der Waals surface area contributed by atoms with Gasteiger partial charge in [0.1, 0.15) is 0 Å². The Morgan fingerprint density at radius 3 is 2.52 bits per heavy atom. The Kier molecular flexibility index (Phi) is 6.09. The van der Waals surface area contributed by atoms with Gasteiger partial charge in [0.2, 0.25) is 15.9 Å². The van der Waals surface area contributed by atoms with E-state index in [1.54, 1.807) is 12.4 Å². The SMILES string of the molecule is CN(CC(=O)N1CCC(NS(C)(=O)=O)CC1)Cc1ccncc1. The van der Waals surface area contributed by atoms with Crippen molar-refractivity contribution in [3.05, 3.63) is 30.1 Å². The molecule has 128 valence electrons. The van der Waals surface area contributed by atoms with Crippen molar-refractivity contribution in [1.29, 1.82) is 0 Å². The molecule has 2 heterocycles. The maximum atomic E-state index is 12.3. The van der Waals surface area contributed by atoms with E-state index in [9.17, 15) is 13.2 Å². The second kappa shape index (κ2) is 7.85. The first-order valence-electron chi connectivity index (χ1n) is 7.66. The van der Waals surface area contributed by atoms with Gasteiger partial charge in [0.05, 0.1) is 12.8 Å². The average Bonchev–Trinajstić information content (AvgIpc) is 2.47. The number of nitrogens with zero attached hydrogens (tertiary/aromatic N) is 3. The van der Waals surface area contributed by atoms with E-state index in [1.807, 2.05) is 29.0 Å². The number of likely N-dealkylation sites (N-methyl/N-ethyl adjacent to an activating group) is 1. The van der Waals surface area contributed by atoms with Crippen molar-refractivity contribution in [3.63, 3.8) is 0 Å². The highest BCUT2D eigenvalue weighted by molar-refractivity contribution is 7.88. The van der Waals surface area contributed by atoms with Gasteiger partial charge in [0, 0.05) is 38.1 Å². The lowest BCUT2D eigenvalue weighted by Gasteiger charge is -2.33. The zero-order chi connectivity index (χ0) is 16.9. The predicted molar refractivity (Wildman–Crippen MR) is 88.2 cm³/mol. The molecule has 0 bridgehead atoms. The van der Waals surface area contributed by atoms with E-state index >= 15 is 0 Å². The predicted octanol–water partition coefficient (Wildman–Crippen LogP) is 0.0536. The molecule has 1 aromatic heterocycles. The van der Waals surface area contributed by atoms with Gasteiger partial charge < -0.3 is 4.90 Å². The molecule has 0 unspecified atom stereocenters. The molecule has 2 rings (SSSR count). The molecule has 0 spiro atoms. The second-order valence-corrected chi connectivity index (χ2v) is 7.85. The molecule has 1 N–H and O–H groups in total. The van der Waals surface area contributed by atoms with Crippen LogP contribution in [0.2, 0.25) is 0 Å². The lowest BCUT2D eigenvalue weighted by atomic mass is 10.1. The molecule has 1 aliphatic rings. The number of amides is 1. The standard InChI is InChI=1S/C15H24N4O3S/c1-18(11-13-3-7-16-8-4-13)12-15(20)19-9-5-14(6-10-19)17-23(2,21)22/h3-4,7-8,14,17H,5-6,9-12H2,1-2H3. The fraction of sp³-hybridized carbons (Fsp3) is 0.600. The third-order valence-corrected chi connectivity index (χ3v) is 4.60. The van der Waals surface area contributed by atoms with Crippen molar-refractivity contribution >= 4 is 15.9 Å². The molecule has 0 saturated carbocycles. The van der Waals surface area contributed by atoms with Gasteiger partial charge in [-0.3, -0.25) is 14.7 Å². The Balaban J connectivity index is 1.76. The zero-order valence-electron chi connectivity index (χ0n) is 13.6. The van der Waals surface area contributed by atoms with Crippen molar-refractivity contribution in [2.24, 2.45) is 0 Å². The largest absolute Gasteiger partial charge is 0.341 e. The van der Waals surface area contributed by atoms with Crippen LogP contribution in [0, 0.1) is 0 Å². The number of aromatic nitrogens is 1. The Morgan fingerprint density at radius 1 is 1.35 bits per heavy atom. The molecule has 7 nitrogen and oxygen atoms in total. The topological polar surface area (TPSA) is 82.6 Å². The van der Waals surface area contributed by atoms with Crippen LogP contribution in [-0.2, 0) is 21.4 Å². The van der Waals surface area contributed by atoms with Crippen LogP contribution in [-0.4, -0.2) is 68.1 Å². The van der Waals surface area contributed by atoms with E-state index in [0.29, 0.717) is 39.0 Å². The van der Waals surface area contributed by atoms with Crippen molar-refractivity contribution in [2.45, 2.75) is 25.4 Å². The molecule has 1 aromatic rings. The van der Waals surface area contributed by atoms with Crippen LogP contribution in [0.4, 0.5) is 0 Å². The van der Waals surface area contributed by atoms with Gasteiger partial charge in [-0.15, -0.1) is 0 Å². The van der Waals surface area contributed by atoms with Crippen LogP contribution in [0.5, 0.6) is 0 Å². The molecular formula is C15H24N4O3S. The fourth-order valence-electron chi connectivity index (χ4n) is 2.74. The van der Waals surface area contributed by atoms with Gasteiger partial charge in [-0.1, -0.05) is 0 Å². The van der Waals surface area contributed by atoms with Crippen LogP contribution in [0.15, 0.2) is 24.5 Å². The van der Waals surface area contributed by atoms with E-state index in [0.717, 1.165) is 5.56 Å². The average molecular weight is 340 g/mol. The van der Waals surface area contributed by atoms with Crippen LogP contribution in [0.25, 0.3) is 0 Å². The monoisotopic (exact) mass is 340 g/mol. The number of hydrogen-bond acceptors (Lipinski definition) is 5. The molecular weight excluding hydrogens is 316 g/mol. The number of pyridine rings is 1. The Hall–Kier alpha value is -1.51. The number of sulfonamides is 1. The van der Waals surface area contributed by atoms with Gasteiger partial charge in [-0.25, -0.2) is 13.1 Å². The summed E-state index contributed by atoms with van der Waals surface area (Å²) < 4.78 is 25.1. The summed E-state index contributed by atoms with van der Waals surface area (Å²) in [7, 11) is -1.27. The number of rotatable bonds is 6. The molecule has 1 aliphatic heterocycles. The second-order valence-electron chi connectivity index (χ2n) is 6.07. The summed E-state index contributed by atoms with van der Waals surface area (Å²) in [6.07, 6.45) is 5.97. The third-order valence-electron chi connectivity index (χ3n) is 3.84. The van der Waals surface area contributed by atoms with E-state index in [-0.39, 0.29) is 11.9 Å². The van der Waals surface area contributed by atoms with Crippen LogP contribution in [0.1, 0.15) is 18.4 Å². The number of nitrogens with one attached hydrogen (secondary N) is 1. The maximum absolute atomic E-state index is 12.3. The summed E-state index contributed by atoms with van der Waals surface area (Å²) in [5, 5.41) is 0. The third kappa shape index (κ3) is 6.25. The number of piperidine rings is 1. The summed E-state index contributed by atoms with van der Waals surface area (Å²) in [6, 6.07) is 3.80. The van der Waals surface area contributed by atoms with Crippen LogP contribution in [0.3, 0.4) is 0 Å². The molecule has 0 atom stereocenters. The minimum absolute atomic E-state index is 0.0661. The van der Waals surface area contributed by atoms with Gasteiger partial charge >= 0.3 is 0 Å². The maximum Gasteiger partial charge on any atom is 0.236 e. The Morgan fingerprint density at radius 2 is 1.96 bits per heavy atom. The van der Waals surface area contributed by atoms with Gasteiger partial charge in [0.25, 0.3) is 0 Å². The summed E-state index contributed by atoms with van der Waals surface area (Å²) in [5.41, 5.74) is 1.12. The highest BCUT2D eigenvalue weighted by Crippen LogP contribution is 2.12. The van der Waals surface area contributed by atoms with Gasteiger partial charge in [0.15, 0.2) is 0 Å². The van der Waals surface area contributed by atoms with E-state index in [4.69, 9.17) is 0 Å². The summed E-state index contributed by atoms with van der Waals surface area (Å²) in [4.78, 5) is 20.1. The fourth-order valence-corrected chi connectivity index (χ4v) is 3.58. The summed E-state index contributed by atoms with van der Waals surface area (Å²) in [5.74, 6) is 0.0827. The normalized spacial score (nSPS) is 16.7. The number of likely N-dealkylation sites (tertiary alicyclic amines) is 1. The highest BCUT2D eigenvalue weighted by atomic mass is 32.2. The Labute approximate surface area is 137 Å². The smallest absolute Gasteiger partial charge is 0.236 e. The first-order chi connectivity index (χ1) is 10.8. The zero-order valence-corrected chi connectivity index (χ0v) is 14.4. The van der Waals surface area contributed by atoms with Gasteiger partial charge in [-0.2, -0.15) is 0 Å². The quantitative estimate of drug-likeness (QED) is 0.791. The van der Waals surface area contributed by atoms with E-state index in [1.165, 1.54) is 6.26 Å². The number of carbonyl (C=O) groups is 1. The molecule has 1 amide bonds. The van der Waals surface area contributed by atoms with Crippen LogP contribution >= 0.6 is 0 Å². The lowest BCUT2D eigenvalue weighted by molar-refractivity contribution is -0.133. The molecule has 23 heavy (non-hydrogen) atoms. The van der Waals surface area contributed by atoms with Crippen LogP contribution < -0.4 is 4.72 Å². The summed E-state index contributed by atoms with van der Waals surface area (Å²) >= 11 is 0. The molecule has 0 radical (unpaired) electrons. The first kappa shape index (κ1) is 17.8. The number of carbonyl (C=O) groups excluding carboxylic acids is 1. The molecule has 8 heteroatoms. The lowest BCUT2D eigenvalue weighted by Crippen LogP contribution is -2.48. The minimum Gasteiger partial charge on any atom is -0.341 e. The number of hydrogen-bond donors (Lipinski definition) is 1.